The number of carbonyl (C=O) groups is 1. The van der Waals surface area contributed by atoms with E-state index in [2.05, 4.69) is 24.3 Å². The Kier molecular flexibility index (Phi) is 3.90. The van der Waals surface area contributed by atoms with Gasteiger partial charge in [0.05, 0.1) is 0 Å². The Morgan fingerprint density at radius 1 is 0.800 bits per heavy atom. The highest BCUT2D eigenvalue weighted by Gasteiger charge is 2.23. The number of hydrogen-bond donors (Lipinski definition) is 0. The molecule has 98 valence electrons. The summed E-state index contributed by atoms with van der Waals surface area (Å²) in [5.74, 6) is 0.242. The number of allylic oxidation sites excluding steroid dienone is 4. The van der Waals surface area contributed by atoms with Gasteiger partial charge in [0, 0.05) is 11.7 Å². The normalized spacial score (nSPS) is 14.4. The number of Topliss-reactive ketones (excluding diaryl/α,β-unsaturated/α-hetero) is 1. The Balaban J connectivity index is 2.12. The first-order chi connectivity index (χ1) is 9.86. The summed E-state index contributed by atoms with van der Waals surface area (Å²) in [6.45, 7) is 0. The summed E-state index contributed by atoms with van der Waals surface area (Å²) in [6.07, 6.45) is 6.43. The van der Waals surface area contributed by atoms with Gasteiger partial charge in [-0.1, -0.05) is 78.9 Å². The summed E-state index contributed by atoms with van der Waals surface area (Å²) in [7, 11) is -0.748. The molecule has 2 aromatic carbocycles. The monoisotopic (exact) mass is 278 g/mol. The third-order valence-electron chi connectivity index (χ3n) is 3.25. The maximum atomic E-state index is 12.3. The van der Waals surface area contributed by atoms with Crippen LogP contribution in [-0.4, -0.2) is 5.78 Å². The van der Waals surface area contributed by atoms with E-state index in [1.165, 1.54) is 10.6 Å². The van der Waals surface area contributed by atoms with Gasteiger partial charge in [-0.3, -0.25) is 4.79 Å². The SMILES string of the molecule is O=C1CC=CC=C1P(c1ccccc1)c1ccccc1. The van der Waals surface area contributed by atoms with Crippen LogP contribution in [0.15, 0.2) is 84.2 Å². The highest BCUT2D eigenvalue weighted by molar-refractivity contribution is 7.77. The number of hydrogen-bond acceptors (Lipinski definition) is 1. The number of benzene rings is 2. The smallest absolute Gasteiger partial charge is 0.167 e. The minimum absolute atomic E-state index is 0.242. The zero-order valence-electron chi connectivity index (χ0n) is 11.1. The van der Waals surface area contributed by atoms with Gasteiger partial charge in [0.25, 0.3) is 0 Å². The van der Waals surface area contributed by atoms with E-state index >= 15 is 0 Å². The number of ketones is 1. The van der Waals surface area contributed by atoms with E-state index in [1.807, 2.05) is 54.6 Å². The average Bonchev–Trinajstić information content (AvgIpc) is 2.52. The van der Waals surface area contributed by atoms with E-state index in [-0.39, 0.29) is 5.78 Å². The maximum absolute atomic E-state index is 12.3. The van der Waals surface area contributed by atoms with Crippen molar-refractivity contribution in [1.29, 1.82) is 0 Å². The van der Waals surface area contributed by atoms with Crippen molar-refractivity contribution >= 4 is 24.3 Å². The molecule has 0 spiro atoms. The standard InChI is InChI=1S/C18H15OP/c19-17-13-7-8-14-18(17)20(15-9-3-1-4-10-15)16-11-5-2-6-12-16/h1-12,14H,13H2. The lowest BCUT2D eigenvalue weighted by Gasteiger charge is -2.22. The van der Waals surface area contributed by atoms with Crippen LogP contribution in [0.5, 0.6) is 0 Å². The fraction of sp³-hybridized carbons (Fsp3) is 0.0556. The fourth-order valence-corrected chi connectivity index (χ4v) is 4.68. The van der Waals surface area contributed by atoms with Crippen LogP contribution in [0, 0.1) is 0 Å². The Morgan fingerprint density at radius 2 is 1.35 bits per heavy atom. The summed E-state index contributed by atoms with van der Waals surface area (Å²) in [6, 6.07) is 20.6. The van der Waals surface area contributed by atoms with E-state index in [0.29, 0.717) is 6.42 Å². The van der Waals surface area contributed by atoms with Crippen molar-refractivity contribution in [2.45, 2.75) is 6.42 Å². The minimum Gasteiger partial charge on any atom is -0.294 e. The second kappa shape index (κ2) is 5.98. The summed E-state index contributed by atoms with van der Waals surface area (Å²) in [4.78, 5) is 12.3. The van der Waals surface area contributed by atoms with Crippen LogP contribution in [0.4, 0.5) is 0 Å². The molecule has 3 rings (SSSR count). The summed E-state index contributed by atoms with van der Waals surface area (Å²) in [5.41, 5.74) is 0. The second-order valence-corrected chi connectivity index (χ2v) is 6.80. The van der Waals surface area contributed by atoms with E-state index < -0.39 is 7.92 Å². The van der Waals surface area contributed by atoms with Crippen molar-refractivity contribution in [3.63, 3.8) is 0 Å². The van der Waals surface area contributed by atoms with E-state index in [0.717, 1.165) is 5.31 Å². The highest BCUT2D eigenvalue weighted by atomic mass is 31.1. The Bertz CT molecular complexity index is 617. The molecule has 0 N–H and O–H groups in total. The lowest BCUT2D eigenvalue weighted by atomic mass is 10.2. The summed E-state index contributed by atoms with van der Waals surface area (Å²) < 4.78 is 0. The van der Waals surface area contributed by atoms with Crippen LogP contribution in [0.1, 0.15) is 6.42 Å². The molecule has 0 fully saturated rings. The lowest BCUT2D eigenvalue weighted by Crippen LogP contribution is -2.17. The fourth-order valence-electron chi connectivity index (χ4n) is 2.31. The van der Waals surface area contributed by atoms with Crippen molar-refractivity contribution in [3.05, 3.63) is 84.2 Å². The zero-order chi connectivity index (χ0) is 13.8. The van der Waals surface area contributed by atoms with Crippen molar-refractivity contribution < 1.29 is 4.79 Å². The first kappa shape index (κ1) is 13.0. The number of carbonyl (C=O) groups excluding carboxylic acids is 1. The first-order valence-electron chi connectivity index (χ1n) is 6.66. The molecule has 0 aromatic heterocycles. The lowest BCUT2D eigenvalue weighted by molar-refractivity contribution is -0.114. The van der Waals surface area contributed by atoms with Crippen LogP contribution >= 0.6 is 7.92 Å². The van der Waals surface area contributed by atoms with Crippen LogP contribution in [0.25, 0.3) is 0 Å². The molecule has 1 aliphatic carbocycles. The first-order valence-corrected chi connectivity index (χ1v) is 8.01. The number of rotatable bonds is 3. The van der Waals surface area contributed by atoms with E-state index in [4.69, 9.17) is 0 Å². The molecule has 20 heavy (non-hydrogen) atoms. The highest BCUT2D eigenvalue weighted by Crippen LogP contribution is 2.44. The molecule has 0 saturated carbocycles. The van der Waals surface area contributed by atoms with Crippen LogP contribution in [-0.2, 0) is 4.79 Å². The van der Waals surface area contributed by atoms with Gasteiger partial charge in [-0.25, -0.2) is 0 Å². The third-order valence-corrected chi connectivity index (χ3v) is 5.76. The Morgan fingerprint density at radius 3 is 1.85 bits per heavy atom. The molecule has 2 heteroatoms. The summed E-state index contributed by atoms with van der Waals surface area (Å²) in [5, 5.41) is 3.40. The maximum Gasteiger partial charge on any atom is 0.167 e. The molecule has 1 nitrogen and oxygen atoms in total. The van der Waals surface area contributed by atoms with Gasteiger partial charge >= 0.3 is 0 Å². The predicted octanol–water partition coefficient (Wildman–Crippen LogP) is 3.53. The molecule has 0 bridgehead atoms. The minimum atomic E-state index is -0.748. The Hall–Kier alpha value is -1.98. The summed E-state index contributed by atoms with van der Waals surface area (Å²) >= 11 is 0. The van der Waals surface area contributed by atoms with Gasteiger partial charge in [-0.2, -0.15) is 0 Å². The molecular formula is C18H15OP. The van der Waals surface area contributed by atoms with Gasteiger partial charge in [0.1, 0.15) is 0 Å². The molecule has 0 unspecified atom stereocenters. The van der Waals surface area contributed by atoms with Crippen molar-refractivity contribution in [1.82, 2.24) is 0 Å². The third kappa shape index (κ3) is 2.64. The van der Waals surface area contributed by atoms with Gasteiger partial charge in [-0.15, -0.1) is 0 Å². The van der Waals surface area contributed by atoms with Gasteiger partial charge in [0.2, 0.25) is 0 Å². The second-order valence-electron chi connectivity index (χ2n) is 4.61. The van der Waals surface area contributed by atoms with Crippen LogP contribution < -0.4 is 10.6 Å². The van der Waals surface area contributed by atoms with Crippen molar-refractivity contribution in [2.24, 2.45) is 0 Å². The molecule has 0 heterocycles. The zero-order valence-corrected chi connectivity index (χ0v) is 12.0. The Labute approximate surface area is 120 Å². The largest absolute Gasteiger partial charge is 0.294 e. The van der Waals surface area contributed by atoms with Crippen LogP contribution in [0.3, 0.4) is 0 Å². The average molecular weight is 278 g/mol. The molecule has 2 aromatic rings. The van der Waals surface area contributed by atoms with E-state index in [9.17, 15) is 4.79 Å². The topological polar surface area (TPSA) is 17.1 Å². The molecule has 0 saturated heterocycles. The van der Waals surface area contributed by atoms with Gasteiger partial charge in [0.15, 0.2) is 5.78 Å². The van der Waals surface area contributed by atoms with Crippen molar-refractivity contribution in [2.75, 3.05) is 0 Å². The predicted molar refractivity (Wildman–Crippen MR) is 85.9 cm³/mol. The molecular weight excluding hydrogens is 263 g/mol. The molecule has 0 aliphatic heterocycles. The van der Waals surface area contributed by atoms with Gasteiger partial charge in [-0.05, 0) is 18.5 Å². The quantitative estimate of drug-likeness (QED) is 0.785. The van der Waals surface area contributed by atoms with Crippen LogP contribution in [0.2, 0.25) is 0 Å². The molecule has 0 amide bonds. The molecule has 1 aliphatic rings. The van der Waals surface area contributed by atoms with Crippen molar-refractivity contribution in [3.8, 4) is 0 Å². The molecule has 0 atom stereocenters. The molecule has 0 radical (unpaired) electrons. The van der Waals surface area contributed by atoms with Gasteiger partial charge < -0.3 is 0 Å². The van der Waals surface area contributed by atoms with E-state index in [1.54, 1.807) is 0 Å².